The second kappa shape index (κ2) is 6.43. The van der Waals surface area contributed by atoms with Gasteiger partial charge < -0.3 is 4.90 Å². The first kappa shape index (κ1) is 15.4. The largest absolute Gasteiger partial charge is 0.332 e. The first-order valence-corrected chi connectivity index (χ1v) is 8.10. The van der Waals surface area contributed by atoms with Gasteiger partial charge in [0.2, 0.25) is 0 Å². The molecule has 1 atom stereocenters. The van der Waals surface area contributed by atoms with Crippen LogP contribution < -0.4 is 0 Å². The van der Waals surface area contributed by atoms with E-state index in [4.69, 9.17) is 0 Å². The first-order chi connectivity index (χ1) is 12.2. The minimum absolute atomic E-state index is 0.0875. The van der Waals surface area contributed by atoms with Crippen LogP contribution in [0.5, 0.6) is 0 Å². The molecule has 1 saturated heterocycles. The molecule has 0 radical (unpaired) electrons. The van der Waals surface area contributed by atoms with Crippen molar-refractivity contribution in [2.24, 2.45) is 0 Å². The Labute approximate surface area is 143 Å². The number of likely N-dealkylation sites (tertiary alicyclic amines) is 1. The highest BCUT2D eigenvalue weighted by atomic mass is 19.1. The summed E-state index contributed by atoms with van der Waals surface area (Å²) in [6.45, 7) is 0.654. The number of amides is 1. The Bertz CT molecular complexity index is 896. The molecule has 4 rings (SSSR count). The molecular weight excluding hydrogens is 321 g/mol. The predicted octanol–water partition coefficient (Wildman–Crippen LogP) is 2.78. The third-order valence-electron chi connectivity index (χ3n) is 4.39. The van der Waals surface area contributed by atoms with Gasteiger partial charge in [0.1, 0.15) is 18.5 Å². The monoisotopic (exact) mass is 337 g/mol. The highest BCUT2D eigenvalue weighted by molar-refractivity contribution is 5.95. The summed E-state index contributed by atoms with van der Waals surface area (Å²) in [6, 6.07) is 9.74. The number of hydrogen-bond donors (Lipinski definition) is 0. The van der Waals surface area contributed by atoms with E-state index in [9.17, 15) is 9.18 Å². The van der Waals surface area contributed by atoms with Crippen molar-refractivity contribution >= 4 is 5.91 Å². The maximum absolute atomic E-state index is 13.6. The van der Waals surface area contributed by atoms with E-state index in [2.05, 4.69) is 15.1 Å². The molecule has 1 fully saturated rings. The van der Waals surface area contributed by atoms with Crippen LogP contribution in [0.3, 0.4) is 0 Å². The van der Waals surface area contributed by atoms with Gasteiger partial charge in [-0.25, -0.2) is 19.0 Å². The summed E-state index contributed by atoms with van der Waals surface area (Å²) >= 11 is 0. The molecule has 0 spiro atoms. The van der Waals surface area contributed by atoms with E-state index < -0.39 is 0 Å². The van der Waals surface area contributed by atoms with E-state index in [1.165, 1.54) is 29.5 Å². The zero-order valence-corrected chi connectivity index (χ0v) is 13.4. The summed E-state index contributed by atoms with van der Waals surface area (Å²) in [5.74, 6) is 0.162. The number of halogens is 1. The minimum atomic E-state index is -0.283. The Morgan fingerprint density at radius 3 is 2.96 bits per heavy atom. The van der Waals surface area contributed by atoms with Crippen molar-refractivity contribution in [1.29, 1.82) is 0 Å². The molecule has 0 unspecified atom stereocenters. The average molecular weight is 337 g/mol. The number of hydrogen-bond acceptors (Lipinski definition) is 4. The smallest absolute Gasteiger partial charge is 0.254 e. The lowest BCUT2D eigenvalue weighted by atomic mass is 10.0. The molecule has 6 nitrogen and oxygen atoms in total. The van der Waals surface area contributed by atoms with Crippen LogP contribution in [-0.2, 0) is 0 Å². The van der Waals surface area contributed by atoms with Gasteiger partial charge in [0.25, 0.3) is 5.91 Å². The van der Waals surface area contributed by atoms with E-state index in [1.807, 2.05) is 6.07 Å². The zero-order chi connectivity index (χ0) is 17.2. The third-order valence-corrected chi connectivity index (χ3v) is 4.39. The van der Waals surface area contributed by atoms with Crippen molar-refractivity contribution in [2.75, 3.05) is 6.54 Å². The van der Waals surface area contributed by atoms with Gasteiger partial charge in [0.15, 0.2) is 5.82 Å². The molecule has 1 aromatic carbocycles. The van der Waals surface area contributed by atoms with Gasteiger partial charge in [0, 0.05) is 18.3 Å². The standard InChI is InChI=1S/C18H16FN5O/c19-15-4-1-3-13(9-15)16-5-2-8-23(16)18(25)14-6-7-21-17(10-14)24-12-20-11-22-24/h1,3-4,6-7,9-12,16H,2,5,8H2/t16-/m1/s1. The van der Waals surface area contributed by atoms with E-state index in [0.717, 1.165) is 18.4 Å². The quantitative estimate of drug-likeness (QED) is 0.737. The highest BCUT2D eigenvalue weighted by Gasteiger charge is 2.31. The van der Waals surface area contributed by atoms with Crippen molar-refractivity contribution in [2.45, 2.75) is 18.9 Å². The summed E-state index contributed by atoms with van der Waals surface area (Å²) in [4.78, 5) is 22.9. The summed E-state index contributed by atoms with van der Waals surface area (Å²) in [7, 11) is 0. The van der Waals surface area contributed by atoms with Gasteiger partial charge in [0.05, 0.1) is 6.04 Å². The van der Waals surface area contributed by atoms with E-state index >= 15 is 0 Å². The van der Waals surface area contributed by atoms with E-state index in [1.54, 1.807) is 29.3 Å². The molecule has 126 valence electrons. The lowest BCUT2D eigenvalue weighted by Crippen LogP contribution is -2.30. The van der Waals surface area contributed by atoms with Gasteiger partial charge in [-0.2, -0.15) is 5.10 Å². The Morgan fingerprint density at radius 2 is 2.16 bits per heavy atom. The zero-order valence-electron chi connectivity index (χ0n) is 13.4. The number of rotatable bonds is 3. The van der Waals surface area contributed by atoms with Crippen molar-refractivity contribution in [1.82, 2.24) is 24.6 Å². The Morgan fingerprint density at radius 1 is 1.24 bits per heavy atom. The summed E-state index contributed by atoms with van der Waals surface area (Å²) in [5.41, 5.74) is 1.36. The molecule has 0 N–H and O–H groups in total. The summed E-state index contributed by atoms with van der Waals surface area (Å²) in [5, 5.41) is 4.03. The second-order valence-electron chi connectivity index (χ2n) is 5.95. The number of carbonyl (C=O) groups is 1. The molecular formula is C18H16FN5O. The number of aromatic nitrogens is 4. The van der Waals surface area contributed by atoms with Crippen molar-refractivity contribution in [3.05, 3.63) is 72.2 Å². The Kier molecular flexibility index (Phi) is 3.97. The minimum Gasteiger partial charge on any atom is -0.332 e. The summed E-state index contributed by atoms with van der Waals surface area (Å²) < 4.78 is 15.1. The van der Waals surface area contributed by atoms with Gasteiger partial charge in [-0.1, -0.05) is 12.1 Å². The van der Waals surface area contributed by atoms with E-state index in [0.29, 0.717) is 17.9 Å². The lowest BCUT2D eigenvalue weighted by Gasteiger charge is -2.25. The fraction of sp³-hybridized carbons (Fsp3) is 0.222. The molecule has 0 saturated carbocycles. The average Bonchev–Trinajstić information content (AvgIpc) is 3.33. The third kappa shape index (κ3) is 3.00. The van der Waals surface area contributed by atoms with E-state index in [-0.39, 0.29) is 17.8 Å². The number of nitrogens with zero attached hydrogens (tertiary/aromatic N) is 5. The van der Waals surface area contributed by atoms with Crippen molar-refractivity contribution in [3.63, 3.8) is 0 Å². The molecule has 0 aliphatic carbocycles. The lowest BCUT2D eigenvalue weighted by molar-refractivity contribution is 0.0735. The molecule has 3 heterocycles. The molecule has 1 aliphatic heterocycles. The molecule has 0 bridgehead atoms. The second-order valence-corrected chi connectivity index (χ2v) is 5.95. The van der Waals surface area contributed by atoms with Crippen LogP contribution in [0, 0.1) is 5.82 Å². The maximum atomic E-state index is 13.6. The molecule has 1 aliphatic rings. The van der Waals surface area contributed by atoms with Crippen molar-refractivity contribution in [3.8, 4) is 5.82 Å². The Hall–Kier alpha value is -3.09. The van der Waals surface area contributed by atoms with Crippen LogP contribution in [0.1, 0.15) is 34.8 Å². The SMILES string of the molecule is O=C(c1ccnc(-n2cncn2)c1)N1CCC[C@@H]1c1cccc(F)c1. The number of pyridine rings is 1. The fourth-order valence-electron chi connectivity index (χ4n) is 3.24. The van der Waals surface area contributed by atoms with Gasteiger partial charge >= 0.3 is 0 Å². The maximum Gasteiger partial charge on any atom is 0.254 e. The van der Waals surface area contributed by atoms with Gasteiger partial charge in [-0.15, -0.1) is 0 Å². The molecule has 25 heavy (non-hydrogen) atoms. The van der Waals surface area contributed by atoms with Crippen LogP contribution in [-0.4, -0.2) is 37.1 Å². The molecule has 3 aromatic rings. The van der Waals surface area contributed by atoms with Crippen LogP contribution >= 0.6 is 0 Å². The highest BCUT2D eigenvalue weighted by Crippen LogP contribution is 2.33. The first-order valence-electron chi connectivity index (χ1n) is 8.10. The van der Waals surface area contributed by atoms with Gasteiger partial charge in [-0.05, 0) is 42.7 Å². The molecule has 7 heteroatoms. The predicted molar refractivity (Wildman–Crippen MR) is 88.6 cm³/mol. The van der Waals surface area contributed by atoms with Crippen LogP contribution in [0.2, 0.25) is 0 Å². The van der Waals surface area contributed by atoms with Crippen LogP contribution in [0.15, 0.2) is 55.2 Å². The van der Waals surface area contributed by atoms with Crippen LogP contribution in [0.25, 0.3) is 5.82 Å². The van der Waals surface area contributed by atoms with Crippen molar-refractivity contribution < 1.29 is 9.18 Å². The number of carbonyl (C=O) groups excluding carboxylic acids is 1. The number of benzene rings is 1. The molecule has 1 amide bonds. The summed E-state index contributed by atoms with van der Waals surface area (Å²) in [6.07, 6.45) is 6.25. The topological polar surface area (TPSA) is 63.9 Å². The normalized spacial score (nSPS) is 17.0. The fourth-order valence-corrected chi connectivity index (χ4v) is 3.24. The van der Waals surface area contributed by atoms with Gasteiger partial charge in [-0.3, -0.25) is 4.79 Å². The molecule has 2 aromatic heterocycles. The Balaban J connectivity index is 1.63. The van der Waals surface area contributed by atoms with Crippen LogP contribution in [0.4, 0.5) is 4.39 Å².